The number of amides is 2. The summed E-state index contributed by atoms with van der Waals surface area (Å²) in [5, 5.41) is 8.17. The first-order valence-corrected chi connectivity index (χ1v) is 11.1. The van der Waals surface area contributed by atoms with E-state index in [4.69, 9.17) is 0 Å². The zero-order valence-electron chi connectivity index (χ0n) is 17.3. The number of benzene rings is 2. The van der Waals surface area contributed by atoms with E-state index in [0.29, 0.717) is 23.1 Å². The predicted octanol–water partition coefficient (Wildman–Crippen LogP) is 3.95. The summed E-state index contributed by atoms with van der Waals surface area (Å²) in [5.74, 6) is 0.157. The van der Waals surface area contributed by atoms with Crippen LogP contribution >= 0.6 is 11.3 Å². The number of nitrogens with zero attached hydrogens (tertiary/aromatic N) is 4. The van der Waals surface area contributed by atoms with Gasteiger partial charge >= 0.3 is 0 Å². The highest BCUT2D eigenvalue weighted by Crippen LogP contribution is 2.53. The number of fused-ring (bicyclic) bond motifs is 5. The fourth-order valence-electron chi connectivity index (χ4n) is 4.93. The quantitative estimate of drug-likeness (QED) is 0.488. The normalized spacial score (nSPS) is 19.3. The lowest BCUT2D eigenvalue weighted by Gasteiger charge is -2.32. The average molecular weight is 442 g/mol. The molecule has 1 spiro atoms. The number of hydrogen-bond acceptors (Lipinski definition) is 5. The summed E-state index contributed by atoms with van der Waals surface area (Å²) < 4.78 is 2.66. The summed E-state index contributed by atoms with van der Waals surface area (Å²) in [6, 6.07) is 13.7. The highest BCUT2D eigenvalue weighted by atomic mass is 32.1. The molecule has 7 nitrogen and oxygen atoms in total. The lowest BCUT2D eigenvalue weighted by atomic mass is 9.71. The lowest BCUT2D eigenvalue weighted by molar-refractivity contribution is -0.126. The van der Waals surface area contributed by atoms with Crippen LogP contribution < -0.4 is 10.2 Å². The molecule has 4 heterocycles. The Balaban J connectivity index is 1.60. The van der Waals surface area contributed by atoms with E-state index in [1.807, 2.05) is 49.4 Å². The van der Waals surface area contributed by atoms with Crippen LogP contribution in [0.15, 0.2) is 61.3 Å². The minimum absolute atomic E-state index is 0.0362. The topological polar surface area (TPSA) is 80.1 Å². The number of para-hydroxylation sites is 2. The van der Waals surface area contributed by atoms with Crippen LogP contribution in [0.5, 0.6) is 0 Å². The number of aryl methyl sites for hydroxylation is 1. The maximum atomic E-state index is 13.9. The molecule has 0 saturated heterocycles. The van der Waals surface area contributed by atoms with Crippen LogP contribution in [0.2, 0.25) is 0 Å². The van der Waals surface area contributed by atoms with E-state index in [2.05, 4.69) is 22.0 Å². The molecule has 2 aliphatic heterocycles. The number of hydrogen-bond donors (Lipinski definition) is 1. The number of carbonyl (C=O) groups is 2. The van der Waals surface area contributed by atoms with E-state index in [0.717, 1.165) is 27.0 Å². The van der Waals surface area contributed by atoms with Crippen LogP contribution in [-0.4, -0.2) is 33.1 Å². The molecule has 0 fully saturated rings. The van der Waals surface area contributed by atoms with Crippen molar-refractivity contribution >= 4 is 44.9 Å². The summed E-state index contributed by atoms with van der Waals surface area (Å²) in [6.07, 6.45) is 3.44. The van der Waals surface area contributed by atoms with E-state index in [1.54, 1.807) is 21.9 Å². The van der Waals surface area contributed by atoms with Gasteiger partial charge in [-0.25, -0.2) is 4.98 Å². The minimum Gasteiger partial charge on any atom is -0.310 e. The van der Waals surface area contributed by atoms with E-state index in [-0.39, 0.29) is 18.2 Å². The zero-order chi connectivity index (χ0) is 22.0. The summed E-state index contributed by atoms with van der Waals surface area (Å²) in [4.78, 5) is 33.3. The van der Waals surface area contributed by atoms with Gasteiger partial charge in [0.05, 0.1) is 22.1 Å². The second kappa shape index (κ2) is 6.61. The number of carbonyl (C=O) groups excluding carboxylic acids is 2. The van der Waals surface area contributed by atoms with Gasteiger partial charge in [0.15, 0.2) is 0 Å². The number of aromatic nitrogens is 3. The van der Waals surface area contributed by atoms with Gasteiger partial charge in [-0.2, -0.15) is 9.78 Å². The first-order valence-electron chi connectivity index (χ1n) is 10.3. The number of anilines is 2. The fraction of sp³-hybridized carbons (Fsp3) is 0.167. The molecule has 0 aliphatic carbocycles. The van der Waals surface area contributed by atoms with Gasteiger partial charge in [-0.05, 0) is 30.2 Å². The van der Waals surface area contributed by atoms with E-state index < -0.39 is 5.41 Å². The van der Waals surface area contributed by atoms with Crippen LogP contribution in [0.4, 0.5) is 11.5 Å². The Hall–Kier alpha value is -3.78. The van der Waals surface area contributed by atoms with Gasteiger partial charge in [0, 0.05) is 18.5 Å². The Morgan fingerprint density at radius 2 is 2.03 bits per heavy atom. The lowest BCUT2D eigenvalue weighted by Crippen LogP contribution is -2.46. The molecule has 0 bridgehead atoms. The largest absolute Gasteiger partial charge is 0.310 e. The van der Waals surface area contributed by atoms with Crippen molar-refractivity contribution in [3.8, 4) is 5.13 Å². The van der Waals surface area contributed by atoms with Crippen LogP contribution in [0, 0.1) is 6.92 Å². The fourth-order valence-corrected chi connectivity index (χ4v) is 5.86. The van der Waals surface area contributed by atoms with Crippen molar-refractivity contribution in [2.75, 3.05) is 16.8 Å². The van der Waals surface area contributed by atoms with Crippen molar-refractivity contribution < 1.29 is 9.59 Å². The zero-order valence-corrected chi connectivity index (χ0v) is 18.1. The van der Waals surface area contributed by atoms with E-state index >= 15 is 0 Å². The van der Waals surface area contributed by atoms with Crippen molar-refractivity contribution in [2.45, 2.75) is 18.8 Å². The minimum atomic E-state index is -1.11. The van der Waals surface area contributed by atoms with Gasteiger partial charge in [0.2, 0.25) is 16.9 Å². The van der Waals surface area contributed by atoms with Crippen LogP contribution in [0.1, 0.15) is 23.1 Å². The summed E-state index contributed by atoms with van der Waals surface area (Å²) >= 11 is 1.49. The van der Waals surface area contributed by atoms with Gasteiger partial charge in [0.1, 0.15) is 11.2 Å². The SMILES string of the molecule is C=CCN1C(=O)[C@]2(CC(=O)Nc3c2cnn3-c2nc3ccccc3s2)c2cccc(C)c21. The molecule has 8 heteroatoms. The molecule has 1 atom stereocenters. The van der Waals surface area contributed by atoms with Crippen LogP contribution in [-0.2, 0) is 15.0 Å². The van der Waals surface area contributed by atoms with Crippen molar-refractivity contribution in [1.29, 1.82) is 0 Å². The number of nitrogens with one attached hydrogen (secondary N) is 1. The second-order valence-electron chi connectivity index (χ2n) is 8.09. The smallest absolute Gasteiger partial charge is 0.243 e. The number of rotatable bonds is 3. The molecule has 158 valence electrons. The Labute approximate surface area is 188 Å². The van der Waals surface area contributed by atoms with Crippen molar-refractivity contribution in [2.24, 2.45) is 0 Å². The van der Waals surface area contributed by atoms with Gasteiger partial charge < -0.3 is 10.2 Å². The first-order chi connectivity index (χ1) is 15.5. The van der Waals surface area contributed by atoms with E-state index in [1.165, 1.54) is 11.3 Å². The molecule has 0 radical (unpaired) electrons. The Morgan fingerprint density at radius 3 is 2.84 bits per heavy atom. The second-order valence-corrected chi connectivity index (χ2v) is 9.10. The van der Waals surface area contributed by atoms with E-state index in [9.17, 15) is 9.59 Å². The molecule has 2 aromatic heterocycles. The summed E-state index contributed by atoms with van der Waals surface area (Å²) in [6.45, 7) is 6.18. The van der Waals surface area contributed by atoms with Crippen molar-refractivity contribution in [3.05, 3.63) is 78.0 Å². The maximum absolute atomic E-state index is 13.9. The highest BCUT2D eigenvalue weighted by molar-refractivity contribution is 7.20. The third kappa shape index (κ3) is 2.35. The maximum Gasteiger partial charge on any atom is 0.243 e. The Bertz CT molecular complexity index is 1420. The third-order valence-electron chi connectivity index (χ3n) is 6.27. The molecule has 2 aliphatic rings. The summed E-state index contributed by atoms with van der Waals surface area (Å²) in [7, 11) is 0. The van der Waals surface area contributed by atoms with Crippen molar-refractivity contribution in [3.63, 3.8) is 0 Å². The van der Waals surface area contributed by atoms with Crippen LogP contribution in [0.3, 0.4) is 0 Å². The molecule has 6 rings (SSSR count). The Kier molecular flexibility index (Phi) is 3.91. The Morgan fingerprint density at radius 1 is 1.19 bits per heavy atom. The van der Waals surface area contributed by atoms with Gasteiger partial charge in [-0.1, -0.05) is 47.7 Å². The molecular formula is C24H19N5O2S. The molecule has 0 unspecified atom stereocenters. The molecule has 4 aromatic rings. The molecule has 2 amide bonds. The number of thiazole rings is 1. The third-order valence-corrected chi connectivity index (χ3v) is 7.28. The molecule has 0 saturated carbocycles. The highest BCUT2D eigenvalue weighted by Gasteiger charge is 2.57. The van der Waals surface area contributed by atoms with Crippen molar-refractivity contribution in [1.82, 2.24) is 14.8 Å². The molecule has 2 aromatic carbocycles. The summed E-state index contributed by atoms with van der Waals surface area (Å²) in [5.41, 5.74) is 3.12. The average Bonchev–Trinajstić information content (AvgIpc) is 3.45. The van der Waals surface area contributed by atoms with Gasteiger partial charge in [0.25, 0.3) is 0 Å². The molecule has 1 N–H and O–H groups in total. The molecular weight excluding hydrogens is 422 g/mol. The van der Waals surface area contributed by atoms with Gasteiger partial charge in [-0.15, -0.1) is 6.58 Å². The van der Waals surface area contributed by atoms with Gasteiger partial charge in [-0.3, -0.25) is 9.59 Å². The molecule has 32 heavy (non-hydrogen) atoms. The van der Waals surface area contributed by atoms with Crippen LogP contribution in [0.25, 0.3) is 15.3 Å². The first kappa shape index (κ1) is 18.9. The monoisotopic (exact) mass is 441 g/mol. The predicted molar refractivity (Wildman–Crippen MR) is 124 cm³/mol. The standard InChI is InChI=1S/C24H19N5O2S/c1-3-11-28-20-14(2)7-6-8-15(20)24(22(28)31)12-19(30)27-21-16(24)13-25-29(21)23-26-17-9-4-5-10-18(17)32-23/h3-10,13H,1,11-12H2,2H3,(H,27,30)/t24-/m1/s1.